The Hall–Kier alpha value is -3.70. The molecule has 2 N–H and O–H groups in total. The van der Waals surface area contributed by atoms with Crippen LogP contribution in [-0.2, 0) is 0 Å². The van der Waals surface area contributed by atoms with Crippen LogP contribution in [0.25, 0.3) is 11.3 Å². The summed E-state index contributed by atoms with van der Waals surface area (Å²) < 4.78 is 0. The Morgan fingerprint density at radius 3 is 2.34 bits per heavy atom. The Morgan fingerprint density at radius 1 is 0.793 bits per heavy atom. The van der Waals surface area contributed by atoms with E-state index in [1.807, 2.05) is 48.5 Å². The lowest BCUT2D eigenvalue weighted by atomic mass is 10.1. The van der Waals surface area contributed by atoms with Gasteiger partial charge in [-0.25, -0.2) is 9.97 Å². The second-order valence-electron chi connectivity index (χ2n) is 6.32. The highest BCUT2D eigenvalue weighted by molar-refractivity contribution is 6.31. The lowest BCUT2D eigenvalue weighted by Crippen LogP contribution is -2.11. The highest BCUT2D eigenvalue weighted by Gasteiger charge is 2.07. The van der Waals surface area contributed by atoms with Gasteiger partial charge in [-0.05, 0) is 42.5 Å². The summed E-state index contributed by atoms with van der Waals surface area (Å²) in [5.41, 5.74) is 3.87. The molecule has 0 aliphatic carbocycles. The first-order chi connectivity index (χ1) is 14.2. The lowest BCUT2D eigenvalue weighted by molar-refractivity contribution is 0.102. The zero-order valence-electron chi connectivity index (χ0n) is 15.3. The van der Waals surface area contributed by atoms with Crippen LogP contribution in [0.3, 0.4) is 0 Å². The van der Waals surface area contributed by atoms with E-state index >= 15 is 0 Å². The van der Waals surface area contributed by atoms with Gasteiger partial charge in [-0.15, -0.1) is 0 Å². The van der Waals surface area contributed by atoms with E-state index in [9.17, 15) is 4.79 Å². The smallest absolute Gasteiger partial charge is 0.255 e. The first kappa shape index (κ1) is 18.7. The monoisotopic (exact) mass is 400 g/mol. The molecule has 0 radical (unpaired) electrons. The van der Waals surface area contributed by atoms with Crippen LogP contribution in [0.2, 0.25) is 5.02 Å². The molecule has 0 saturated carbocycles. The third kappa shape index (κ3) is 4.78. The van der Waals surface area contributed by atoms with Gasteiger partial charge < -0.3 is 10.6 Å². The van der Waals surface area contributed by atoms with Crippen molar-refractivity contribution >= 4 is 34.7 Å². The first-order valence-corrected chi connectivity index (χ1v) is 9.37. The molecule has 0 unspecified atom stereocenters. The molecule has 0 aliphatic heterocycles. The number of nitrogens with zero attached hydrogens (tertiary/aromatic N) is 2. The Labute approximate surface area is 173 Å². The Morgan fingerprint density at radius 2 is 1.59 bits per heavy atom. The van der Waals surface area contributed by atoms with Gasteiger partial charge in [-0.3, -0.25) is 4.79 Å². The Balaban J connectivity index is 1.45. The van der Waals surface area contributed by atoms with Crippen LogP contribution in [0.15, 0.2) is 91.3 Å². The van der Waals surface area contributed by atoms with E-state index in [-0.39, 0.29) is 5.91 Å². The van der Waals surface area contributed by atoms with E-state index in [1.165, 1.54) is 6.33 Å². The molecule has 0 fully saturated rings. The molecule has 0 atom stereocenters. The van der Waals surface area contributed by atoms with Crippen LogP contribution >= 0.6 is 11.6 Å². The predicted octanol–water partition coefficient (Wildman–Crippen LogP) is 5.79. The van der Waals surface area contributed by atoms with Crippen LogP contribution in [-0.4, -0.2) is 15.9 Å². The summed E-state index contributed by atoms with van der Waals surface area (Å²) in [5, 5.41) is 6.64. The molecule has 0 bridgehead atoms. The maximum absolute atomic E-state index is 12.4. The second-order valence-corrected chi connectivity index (χ2v) is 6.76. The Bertz CT molecular complexity index is 1130. The van der Waals surface area contributed by atoms with Crippen LogP contribution in [0, 0.1) is 0 Å². The second kappa shape index (κ2) is 8.54. The maximum Gasteiger partial charge on any atom is 0.255 e. The molecule has 142 valence electrons. The van der Waals surface area contributed by atoms with Crippen molar-refractivity contribution in [1.29, 1.82) is 0 Å². The fourth-order valence-corrected chi connectivity index (χ4v) is 3.01. The number of carbonyl (C=O) groups is 1. The quantitative estimate of drug-likeness (QED) is 0.444. The summed E-state index contributed by atoms with van der Waals surface area (Å²) in [5.74, 6) is 0.474. The van der Waals surface area contributed by atoms with E-state index in [4.69, 9.17) is 11.6 Å². The minimum atomic E-state index is -0.202. The summed E-state index contributed by atoms with van der Waals surface area (Å²) >= 11 is 5.95. The van der Waals surface area contributed by atoms with Crippen molar-refractivity contribution in [1.82, 2.24) is 9.97 Å². The van der Waals surface area contributed by atoms with Gasteiger partial charge in [-0.2, -0.15) is 0 Å². The molecule has 0 saturated heterocycles. The van der Waals surface area contributed by atoms with Crippen LogP contribution in [0.4, 0.5) is 17.2 Å². The van der Waals surface area contributed by atoms with Crippen LogP contribution < -0.4 is 10.6 Å². The van der Waals surface area contributed by atoms with E-state index in [0.29, 0.717) is 22.1 Å². The van der Waals surface area contributed by atoms with Crippen molar-refractivity contribution in [2.24, 2.45) is 0 Å². The van der Waals surface area contributed by atoms with Gasteiger partial charge in [0.05, 0.1) is 5.69 Å². The number of hydrogen-bond acceptors (Lipinski definition) is 4. The highest BCUT2D eigenvalue weighted by Crippen LogP contribution is 2.21. The zero-order valence-corrected chi connectivity index (χ0v) is 16.1. The van der Waals surface area contributed by atoms with Crippen LogP contribution in [0.5, 0.6) is 0 Å². The van der Waals surface area contributed by atoms with Gasteiger partial charge in [0.2, 0.25) is 0 Å². The molecule has 3 aromatic carbocycles. The molecule has 29 heavy (non-hydrogen) atoms. The van der Waals surface area contributed by atoms with Gasteiger partial charge in [0.1, 0.15) is 12.1 Å². The molecule has 4 aromatic rings. The highest BCUT2D eigenvalue weighted by atomic mass is 35.5. The number of nitrogens with one attached hydrogen (secondary N) is 2. The summed E-state index contributed by atoms with van der Waals surface area (Å²) in [6.45, 7) is 0. The number of anilines is 3. The molecule has 4 rings (SSSR count). The number of benzene rings is 3. The fourth-order valence-electron chi connectivity index (χ4n) is 2.81. The summed E-state index contributed by atoms with van der Waals surface area (Å²) in [6.07, 6.45) is 1.53. The maximum atomic E-state index is 12.4. The predicted molar refractivity (Wildman–Crippen MR) is 117 cm³/mol. The first-order valence-electron chi connectivity index (χ1n) is 8.99. The zero-order chi connectivity index (χ0) is 20.1. The molecule has 1 aromatic heterocycles. The van der Waals surface area contributed by atoms with Gasteiger partial charge in [0.15, 0.2) is 0 Å². The van der Waals surface area contributed by atoms with E-state index in [2.05, 4.69) is 20.6 Å². The topological polar surface area (TPSA) is 66.9 Å². The number of halogens is 1. The third-order valence-electron chi connectivity index (χ3n) is 4.24. The number of amides is 1. The fraction of sp³-hybridized carbons (Fsp3) is 0. The molecule has 5 nitrogen and oxygen atoms in total. The van der Waals surface area contributed by atoms with Crippen molar-refractivity contribution in [3.05, 3.63) is 102 Å². The normalized spacial score (nSPS) is 10.4. The average Bonchev–Trinajstić information content (AvgIpc) is 2.75. The number of rotatable bonds is 5. The van der Waals surface area contributed by atoms with Crippen molar-refractivity contribution in [2.45, 2.75) is 0 Å². The van der Waals surface area contributed by atoms with Crippen LogP contribution in [0.1, 0.15) is 10.4 Å². The molecule has 1 amide bonds. The molecule has 0 spiro atoms. The SMILES string of the molecule is O=C(Nc1cccc(Cl)c1)c1ccc(Nc2cc(-c3ccccc3)ncn2)cc1. The van der Waals surface area contributed by atoms with E-state index < -0.39 is 0 Å². The molecular weight excluding hydrogens is 384 g/mol. The number of carbonyl (C=O) groups excluding carboxylic acids is 1. The standard InChI is InChI=1S/C23H17ClN4O/c24-18-7-4-8-20(13-18)28-23(29)17-9-11-19(12-10-17)27-22-14-21(25-15-26-22)16-5-2-1-3-6-16/h1-15H,(H,28,29)(H,25,26,27). The minimum Gasteiger partial charge on any atom is -0.340 e. The molecular formula is C23H17ClN4O. The molecule has 0 aliphatic rings. The molecule has 1 heterocycles. The van der Waals surface area contributed by atoms with Crippen molar-refractivity contribution in [3.8, 4) is 11.3 Å². The lowest BCUT2D eigenvalue weighted by Gasteiger charge is -2.09. The largest absolute Gasteiger partial charge is 0.340 e. The summed E-state index contributed by atoms with van der Waals surface area (Å²) in [7, 11) is 0. The average molecular weight is 401 g/mol. The van der Waals surface area contributed by atoms with Gasteiger partial charge in [-0.1, -0.05) is 48.0 Å². The molecule has 6 heteroatoms. The van der Waals surface area contributed by atoms with E-state index in [1.54, 1.807) is 36.4 Å². The van der Waals surface area contributed by atoms with Gasteiger partial charge >= 0.3 is 0 Å². The van der Waals surface area contributed by atoms with Crippen molar-refractivity contribution in [2.75, 3.05) is 10.6 Å². The Kier molecular flexibility index (Phi) is 5.49. The minimum absolute atomic E-state index is 0.202. The number of hydrogen-bond donors (Lipinski definition) is 2. The summed E-state index contributed by atoms with van der Waals surface area (Å²) in [6, 6.07) is 26.0. The van der Waals surface area contributed by atoms with Crippen molar-refractivity contribution < 1.29 is 4.79 Å². The van der Waals surface area contributed by atoms with Gasteiger partial charge in [0.25, 0.3) is 5.91 Å². The summed E-state index contributed by atoms with van der Waals surface area (Å²) in [4.78, 5) is 21.0. The number of aromatic nitrogens is 2. The van der Waals surface area contributed by atoms with Crippen molar-refractivity contribution in [3.63, 3.8) is 0 Å². The third-order valence-corrected chi connectivity index (χ3v) is 4.47. The van der Waals surface area contributed by atoms with E-state index in [0.717, 1.165) is 16.9 Å². The van der Waals surface area contributed by atoms with Gasteiger partial charge in [0, 0.05) is 33.6 Å².